The number of nitrogens with one attached hydrogen (secondary N) is 3. The average molecular weight is 279 g/mol. The first kappa shape index (κ1) is 14.9. The van der Waals surface area contributed by atoms with Gasteiger partial charge in [-0.25, -0.2) is 9.82 Å². The Balaban J connectivity index is 1.69. The molecule has 5 heteroatoms. The van der Waals surface area contributed by atoms with Gasteiger partial charge in [0.2, 0.25) is 5.91 Å². The van der Waals surface area contributed by atoms with E-state index in [1.165, 1.54) is 12.1 Å². The van der Waals surface area contributed by atoms with Crippen molar-refractivity contribution in [3.8, 4) is 0 Å². The zero-order chi connectivity index (χ0) is 14.4. The number of hydrogen-bond acceptors (Lipinski definition) is 3. The van der Waals surface area contributed by atoms with Gasteiger partial charge in [0, 0.05) is 12.6 Å². The van der Waals surface area contributed by atoms with Crippen molar-refractivity contribution in [2.45, 2.75) is 44.7 Å². The van der Waals surface area contributed by atoms with Crippen LogP contribution >= 0.6 is 0 Å². The minimum atomic E-state index is -0.235. The van der Waals surface area contributed by atoms with Gasteiger partial charge in [0.25, 0.3) is 0 Å². The van der Waals surface area contributed by atoms with Crippen molar-refractivity contribution in [3.63, 3.8) is 0 Å². The molecule has 2 rings (SSSR count). The fourth-order valence-electron chi connectivity index (χ4n) is 2.44. The number of halogens is 1. The van der Waals surface area contributed by atoms with Crippen molar-refractivity contribution >= 4 is 5.91 Å². The lowest BCUT2D eigenvalue weighted by molar-refractivity contribution is -0.122. The van der Waals surface area contributed by atoms with Crippen LogP contribution in [0, 0.1) is 5.82 Å². The highest BCUT2D eigenvalue weighted by atomic mass is 19.1. The topological polar surface area (TPSA) is 53.2 Å². The van der Waals surface area contributed by atoms with E-state index >= 15 is 0 Å². The Kier molecular flexibility index (Phi) is 5.49. The number of hydrazine groups is 1. The molecule has 1 aliphatic rings. The van der Waals surface area contributed by atoms with Gasteiger partial charge in [-0.15, -0.1) is 0 Å². The van der Waals surface area contributed by atoms with E-state index < -0.39 is 0 Å². The van der Waals surface area contributed by atoms with Crippen LogP contribution in [0.3, 0.4) is 0 Å². The van der Waals surface area contributed by atoms with E-state index in [0.717, 1.165) is 24.8 Å². The summed E-state index contributed by atoms with van der Waals surface area (Å²) in [6.45, 7) is 2.71. The molecule has 1 aliphatic heterocycles. The molecule has 2 atom stereocenters. The normalized spacial score (nSPS) is 21.9. The molecule has 3 N–H and O–H groups in total. The van der Waals surface area contributed by atoms with E-state index in [0.29, 0.717) is 19.0 Å². The summed E-state index contributed by atoms with van der Waals surface area (Å²) in [5.74, 6) is -0.209. The van der Waals surface area contributed by atoms with E-state index in [-0.39, 0.29) is 17.8 Å². The van der Waals surface area contributed by atoms with Crippen LogP contribution in [0.5, 0.6) is 0 Å². The minimum absolute atomic E-state index is 0.0261. The number of amides is 1. The Morgan fingerprint density at radius 3 is 2.80 bits per heavy atom. The first-order valence-electron chi connectivity index (χ1n) is 7.22. The summed E-state index contributed by atoms with van der Waals surface area (Å²) in [6.07, 6.45) is 3.73. The van der Waals surface area contributed by atoms with Crippen molar-refractivity contribution in [3.05, 3.63) is 35.6 Å². The summed E-state index contributed by atoms with van der Waals surface area (Å²) in [5, 5.41) is 2.92. The third kappa shape index (κ3) is 4.28. The molecule has 0 saturated carbocycles. The predicted octanol–water partition coefficient (Wildman–Crippen LogP) is 1.52. The molecule has 20 heavy (non-hydrogen) atoms. The summed E-state index contributed by atoms with van der Waals surface area (Å²) < 4.78 is 12.8. The van der Waals surface area contributed by atoms with Crippen molar-refractivity contribution in [1.29, 1.82) is 0 Å². The van der Waals surface area contributed by atoms with Crippen LogP contribution in [0.25, 0.3) is 0 Å². The standard InChI is InChI=1S/C15H22FN3O/c1-2-3-13-10-14(19-18-13)15(20)17-9-8-11-4-6-12(16)7-5-11/h4-7,13-14,18-19H,2-3,8-10H2,1H3,(H,17,20). The molecule has 0 aliphatic carbocycles. The Morgan fingerprint density at radius 1 is 1.35 bits per heavy atom. The predicted molar refractivity (Wildman–Crippen MR) is 76.5 cm³/mol. The Labute approximate surface area is 119 Å². The van der Waals surface area contributed by atoms with Crippen LogP contribution in [0.15, 0.2) is 24.3 Å². The highest BCUT2D eigenvalue weighted by Crippen LogP contribution is 2.10. The minimum Gasteiger partial charge on any atom is -0.354 e. The molecule has 1 heterocycles. The molecule has 1 aromatic rings. The Hall–Kier alpha value is -1.46. The third-order valence-electron chi connectivity index (χ3n) is 3.56. The van der Waals surface area contributed by atoms with E-state index in [4.69, 9.17) is 0 Å². The summed E-state index contributed by atoms with van der Waals surface area (Å²) >= 11 is 0. The van der Waals surface area contributed by atoms with Gasteiger partial charge >= 0.3 is 0 Å². The smallest absolute Gasteiger partial charge is 0.238 e. The second kappa shape index (κ2) is 7.36. The molecule has 1 aromatic carbocycles. The Bertz CT molecular complexity index is 435. The largest absolute Gasteiger partial charge is 0.354 e. The van der Waals surface area contributed by atoms with E-state index in [1.807, 2.05) is 0 Å². The molecule has 2 unspecified atom stereocenters. The van der Waals surface area contributed by atoms with Crippen molar-refractivity contribution in [2.24, 2.45) is 0 Å². The first-order valence-corrected chi connectivity index (χ1v) is 7.22. The number of hydrogen-bond donors (Lipinski definition) is 3. The average Bonchev–Trinajstić information content (AvgIpc) is 2.90. The molecule has 4 nitrogen and oxygen atoms in total. The lowest BCUT2D eigenvalue weighted by Crippen LogP contribution is -2.43. The number of benzene rings is 1. The molecule has 0 aromatic heterocycles. The van der Waals surface area contributed by atoms with Gasteiger partial charge in [0.15, 0.2) is 0 Å². The van der Waals surface area contributed by atoms with Gasteiger partial charge in [-0.05, 0) is 37.0 Å². The lowest BCUT2D eigenvalue weighted by atomic mass is 10.1. The molecule has 1 amide bonds. The fourth-order valence-corrected chi connectivity index (χ4v) is 2.44. The maximum atomic E-state index is 12.8. The van der Waals surface area contributed by atoms with Gasteiger partial charge in [-0.1, -0.05) is 25.5 Å². The molecular weight excluding hydrogens is 257 g/mol. The van der Waals surface area contributed by atoms with Crippen LogP contribution in [0.2, 0.25) is 0 Å². The van der Waals surface area contributed by atoms with Crippen molar-refractivity contribution in [1.82, 2.24) is 16.2 Å². The van der Waals surface area contributed by atoms with Gasteiger partial charge in [0.05, 0.1) is 0 Å². The van der Waals surface area contributed by atoms with Crippen LogP contribution in [-0.2, 0) is 11.2 Å². The molecule has 1 saturated heterocycles. The molecule has 0 bridgehead atoms. The Morgan fingerprint density at radius 2 is 2.10 bits per heavy atom. The number of rotatable bonds is 6. The quantitative estimate of drug-likeness (QED) is 0.740. The highest BCUT2D eigenvalue weighted by Gasteiger charge is 2.28. The maximum Gasteiger partial charge on any atom is 0.238 e. The van der Waals surface area contributed by atoms with Crippen LogP contribution in [0.1, 0.15) is 31.7 Å². The van der Waals surface area contributed by atoms with E-state index in [2.05, 4.69) is 23.1 Å². The lowest BCUT2D eigenvalue weighted by Gasteiger charge is -2.10. The second-order valence-corrected chi connectivity index (χ2v) is 5.23. The SMILES string of the molecule is CCCC1CC(C(=O)NCCc2ccc(F)cc2)NN1. The first-order chi connectivity index (χ1) is 9.69. The monoisotopic (exact) mass is 279 g/mol. The van der Waals surface area contributed by atoms with Gasteiger partial charge in [-0.3, -0.25) is 10.2 Å². The molecule has 1 fully saturated rings. The zero-order valence-electron chi connectivity index (χ0n) is 11.8. The van der Waals surface area contributed by atoms with Crippen LogP contribution in [-0.4, -0.2) is 24.5 Å². The van der Waals surface area contributed by atoms with Crippen molar-refractivity contribution in [2.75, 3.05) is 6.54 Å². The summed E-state index contributed by atoms with van der Waals surface area (Å²) in [6, 6.07) is 6.60. The summed E-state index contributed by atoms with van der Waals surface area (Å²) in [7, 11) is 0. The summed E-state index contributed by atoms with van der Waals surface area (Å²) in [4.78, 5) is 12.0. The van der Waals surface area contributed by atoms with Crippen LogP contribution < -0.4 is 16.2 Å². The van der Waals surface area contributed by atoms with Gasteiger partial charge in [-0.2, -0.15) is 0 Å². The molecule has 110 valence electrons. The van der Waals surface area contributed by atoms with Gasteiger partial charge < -0.3 is 5.32 Å². The maximum absolute atomic E-state index is 12.8. The highest BCUT2D eigenvalue weighted by molar-refractivity contribution is 5.82. The van der Waals surface area contributed by atoms with E-state index in [1.54, 1.807) is 12.1 Å². The second-order valence-electron chi connectivity index (χ2n) is 5.23. The summed E-state index contributed by atoms with van der Waals surface area (Å²) in [5.41, 5.74) is 7.21. The van der Waals surface area contributed by atoms with E-state index in [9.17, 15) is 9.18 Å². The van der Waals surface area contributed by atoms with Gasteiger partial charge in [0.1, 0.15) is 11.9 Å². The molecule has 0 radical (unpaired) electrons. The van der Waals surface area contributed by atoms with Crippen LogP contribution in [0.4, 0.5) is 4.39 Å². The van der Waals surface area contributed by atoms with Crippen molar-refractivity contribution < 1.29 is 9.18 Å². The third-order valence-corrected chi connectivity index (χ3v) is 3.56. The zero-order valence-corrected chi connectivity index (χ0v) is 11.8. The molecular formula is C15H22FN3O. The molecule has 0 spiro atoms. The fraction of sp³-hybridized carbons (Fsp3) is 0.533. The number of carbonyl (C=O) groups excluding carboxylic acids is 1. The number of carbonyl (C=O) groups is 1.